The molecule has 3 rings (SSSR count). The van der Waals surface area contributed by atoms with Crippen LogP contribution in [-0.4, -0.2) is 25.7 Å². The van der Waals surface area contributed by atoms with Gasteiger partial charge in [0.1, 0.15) is 16.7 Å². The van der Waals surface area contributed by atoms with Gasteiger partial charge >= 0.3 is 0 Å². The van der Waals surface area contributed by atoms with Gasteiger partial charge in [0.05, 0.1) is 12.7 Å². The molecule has 0 bridgehead atoms. The Balaban J connectivity index is 1.87. The summed E-state index contributed by atoms with van der Waals surface area (Å²) in [7, 11) is -2.27. The second-order valence-corrected chi connectivity index (χ2v) is 8.16. The van der Waals surface area contributed by atoms with E-state index in [1.807, 2.05) is 24.3 Å². The molecule has 1 N–H and O–H groups in total. The third kappa shape index (κ3) is 4.13. The van der Waals surface area contributed by atoms with Crippen LogP contribution in [0.2, 0.25) is 0 Å². The maximum Gasteiger partial charge on any atom is 0.246 e. The molecule has 0 saturated carbocycles. The van der Waals surface area contributed by atoms with Gasteiger partial charge in [0.2, 0.25) is 15.9 Å². The van der Waals surface area contributed by atoms with E-state index in [1.54, 1.807) is 26.8 Å². The molecule has 9 heteroatoms. The van der Waals surface area contributed by atoms with Gasteiger partial charge in [-0.15, -0.1) is 0 Å². The molecule has 29 heavy (non-hydrogen) atoms. The smallest absolute Gasteiger partial charge is 0.246 e. The highest BCUT2D eigenvalue weighted by Crippen LogP contribution is 2.30. The Morgan fingerprint density at radius 2 is 1.93 bits per heavy atom. The maximum atomic E-state index is 12.7. The van der Waals surface area contributed by atoms with E-state index >= 15 is 0 Å². The molecule has 0 radical (unpaired) electrons. The summed E-state index contributed by atoms with van der Waals surface area (Å²) < 4.78 is 38.3. The Bertz CT molecular complexity index is 1160. The Morgan fingerprint density at radius 3 is 2.48 bits per heavy atom. The predicted octanol–water partition coefficient (Wildman–Crippen LogP) is 3.27. The molecule has 2 heterocycles. The Morgan fingerprint density at radius 1 is 1.24 bits per heavy atom. The van der Waals surface area contributed by atoms with Gasteiger partial charge in [-0.05, 0) is 38.0 Å². The van der Waals surface area contributed by atoms with Crippen LogP contribution in [0.15, 0.2) is 45.9 Å². The number of ether oxygens (including phenoxy) is 1. The van der Waals surface area contributed by atoms with Gasteiger partial charge < -0.3 is 9.26 Å². The van der Waals surface area contributed by atoms with Crippen LogP contribution in [0.4, 0.5) is 0 Å². The summed E-state index contributed by atoms with van der Waals surface area (Å²) in [6.07, 6.45) is 1.45. The van der Waals surface area contributed by atoms with Crippen molar-refractivity contribution in [1.29, 1.82) is 5.26 Å². The monoisotopic (exact) mass is 412 g/mol. The highest BCUT2D eigenvalue weighted by Gasteiger charge is 2.26. The summed E-state index contributed by atoms with van der Waals surface area (Å²) in [4.78, 5) is 4.20. The lowest BCUT2D eigenvalue weighted by atomic mass is 10.0. The normalized spacial score (nSPS) is 12.4. The van der Waals surface area contributed by atoms with Crippen LogP contribution in [-0.2, 0) is 10.0 Å². The molecule has 0 aliphatic rings. The number of hydrogen-bond donors (Lipinski definition) is 1. The average Bonchev–Trinajstić information content (AvgIpc) is 3.06. The summed E-state index contributed by atoms with van der Waals surface area (Å²) in [5, 5.41) is 12.8. The number of aryl methyl sites for hydroxylation is 2. The van der Waals surface area contributed by atoms with Gasteiger partial charge in [-0.1, -0.05) is 29.4 Å². The first-order chi connectivity index (χ1) is 13.8. The molecule has 3 aromatic rings. The molecule has 0 unspecified atom stereocenters. The van der Waals surface area contributed by atoms with Crippen LogP contribution in [0.3, 0.4) is 0 Å². The largest absolute Gasteiger partial charge is 0.481 e. The number of nitrogens with one attached hydrogen (secondary N) is 1. The summed E-state index contributed by atoms with van der Waals surface area (Å²) in [5.74, 6) is 0.651. The van der Waals surface area contributed by atoms with Crippen LogP contribution in [0.5, 0.6) is 5.88 Å². The molecule has 8 nitrogen and oxygen atoms in total. The number of rotatable bonds is 6. The highest BCUT2D eigenvalue weighted by atomic mass is 32.2. The summed E-state index contributed by atoms with van der Waals surface area (Å²) in [5.41, 5.74) is 2.99. The Labute approximate surface area is 169 Å². The van der Waals surface area contributed by atoms with Crippen molar-refractivity contribution in [2.75, 3.05) is 7.11 Å². The number of methoxy groups -OCH3 is 1. The van der Waals surface area contributed by atoms with Crippen LogP contribution in [0.25, 0.3) is 11.1 Å². The van der Waals surface area contributed by atoms with E-state index in [-0.39, 0.29) is 10.7 Å². The van der Waals surface area contributed by atoms with E-state index < -0.39 is 16.1 Å². The van der Waals surface area contributed by atoms with Crippen molar-refractivity contribution in [2.45, 2.75) is 31.7 Å². The second kappa shape index (κ2) is 8.03. The van der Waals surface area contributed by atoms with Gasteiger partial charge in [0.25, 0.3) is 0 Å². The quantitative estimate of drug-likeness (QED) is 0.660. The first-order valence-corrected chi connectivity index (χ1v) is 10.2. The molecule has 0 fully saturated rings. The lowest BCUT2D eigenvalue weighted by Crippen LogP contribution is -2.27. The minimum Gasteiger partial charge on any atom is -0.481 e. The van der Waals surface area contributed by atoms with Crippen molar-refractivity contribution in [1.82, 2.24) is 14.9 Å². The standard InChI is InChI=1S/C20H20N4O4S/c1-12(24-29(25,26)19-13(2)23-28-14(19)3)16-5-7-17(8-6-16)18-9-15(10-21)11-22-20(18)27-4/h5-9,11-12,24H,1-4H3/t12-/m1/s1. The minimum atomic E-state index is -3.78. The van der Waals surface area contributed by atoms with Crippen LogP contribution in [0.1, 0.15) is 35.5 Å². The van der Waals surface area contributed by atoms with E-state index in [1.165, 1.54) is 13.3 Å². The van der Waals surface area contributed by atoms with E-state index in [9.17, 15) is 8.42 Å². The fraction of sp³-hybridized carbons (Fsp3) is 0.250. The van der Waals surface area contributed by atoms with Crippen molar-refractivity contribution in [3.63, 3.8) is 0 Å². The van der Waals surface area contributed by atoms with Gasteiger partial charge in [0.15, 0.2) is 5.76 Å². The number of sulfonamides is 1. The van der Waals surface area contributed by atoms with Gasteiger partial charge in [-0.2, -0.15) is 5.26 Å². The van der Waals surface area contributed by atoms with Crippen LogP contribution in [0, 0.1) is 25.2 Å². The zero-order chi connectivity index (χ0) is 21.2. The Kier molecular flexibility index (Phi) is 5.68. The fourth-order valence-corrected chi connectivity index (χ4v) is 4.61. The molecular formula is C20H20N4O4S. The number of aromatic nitrogens is 2. The molecule has 0 aliphatic carbocycles. The topological polar surface area (TPSA) is 118 Å². The lowest BCUT2D eigenvalue weighted by Gasteiger charge is -2.15. The van der Waals surface area contributed by atoms with Crippen LogP contribution >= 0.6 is 0 Å². The number of pyridine rings is 1. The Hall–Kier alpha value is -3.22. The van der Waals surface area contributed by atoms with E-state index in [4.69, 9.17) is 14.5 Å². The molecule has 0 aliphatic heterocycles. The fourth-order valence-electron chi connectivity index (χ4n) is 3.05. The summed E-state index contributed by atoms with van der Waals surface area (Å²) >= 11 is 0. The molecule has 0 spiro atoms. The number of hydrogen-bond acceptors (Lipinski definition) is 7. The van der Waals surface area contributed by atoms with Crippen LogP contribution < -0.4 is 9.46 Å². The average molecular weight is 412 g/mol. The zero-order valence-corrected chi connectivity index (χ0v) is 17.2. The van der Waals surface area contributed by atoms with Gasteiger partial charge in [-0.3, -0.25) is 0 Å². The highest BCUT2D eigenvalue weighted by molar-refractivity contribution is 7.89. The first-order valence-electron chi connectivity index (χ1n) is 8.76. The molecule has 0 saturated heterocycles. The number of benzene rings is 1. The number of nitriles is 1. The zero-order valence-electron chi connectivity index (χ0n) is 16.4. The van der Waals surface area contributed by atoms with Crippen molar-refractivity contribution in [2.24, 2.45) is 0 Å². The maximum absolute atomic E-state index is 12.7. The van der Waals surface area contributed by atoms with Crippen molar-refractivity contribution >= 4 is 10.0 Å². The molecule has 1 atom stereocenters. The van der Waals surface area contributed by atoms with Crippen molar-refractivity contribution in [3.8, 4) is 23.1 Å². The molecular weight excluding hydrogens is 392 g/mol. The van der Waals surface area contributed by atoms with Gasteiger partial charge in [-0.25, -0.2) is 18.1 Å². The number of nitrogens with zero attached hydrogens (tertiary/aromatic N) is 3. The van der Waals surface area contributed by atoms with E-state index in [2.05, 4.69) is 20.9 Å². The predicted molar refractivity (Wildman–Crippen MR) is 106 cm³/mol. The molecule has 150 valence electrons. The second-order valence-electron chi connectivity index (χ2n) is 6.51. The van der Waals surface area contributed by atoms with E-state index in [0.717, 1.165) is 11.1 Å². The molecule has 1 aromatic carbocycles. The summed E-state index contributed by atoms with van der Waals surface area (Å²) in [6.45, 7) is 4.90. The molecule has 0 amide bonds. The summed E-state index contributed by atoms with van der Waals surface area (Å²) in [6, 6.07) is 10.6. The van der Waals surface area contributed by atoms with Gasteiger partial charge in [0, 0.05) is 17.8 Å². The first kappa shape index (κ1) is 20.5. The molecule has 2 aromatic heterocycles. The van der Waals surface area contributed by atoms with E-state index in [0.29, 0.717) is 22.7 Å². The SMILES string of the molecule is COc1ncc(C#N)cc1-c1ccc([C@@H](C)NS(=O)(=O)c2c(C)noc2C)cc1. The van der Waals surface area contributed by atoms with Crippen molar-refractivity contribution < 1.29 is 17.7 Å². The minimum absolute atomic E-state index is 0.0603. The third-order valence-electron chi connectivity index (χ3n) is 4.46. The van der Waals surface area contributed by atoms with Crippen molar-refractivity contribution in [3.05, 3.63) is 59.1 Å². The lowest BCUT2D eigenvalue weighted by molar-refractivity contribution is 0.390. The third-order valence-corrected chi connectivity index (χ3v) is 6.25.